The van der Waals surface area contributed by atoms with Crippen LogP contribution in [0.4, 0.5) is 0 Å². The normalized spacial score (nSPS) is 10.6. The molecule has 0 saturated heterocycles. The first-order chi connectivity index (χ1) is 13.1. The van der Waals surface area contributed by atoms with Crippen LogP contribution in [0.2, 0.25) is 0 Å². The van der Waals surface area contributed by atoms with E-state index in [9.17, 15) is 4.79 Å². The highest BCUT2D eigenvalue weighted by Crippen LogP contribution is 2.19. The van der Waals surface area contributed by atoms with Crippen molar-refractivity contribution in [3.05, 3.63) is 65.4 Å². The lowest BCUT2D eigenvalue weighted by atomic mass is 10.3. The molecule has 0 fully saturated rings. The average Bonchev–Trinajstić information content (AvgIpc) is 3.31. The Balaban J connectivity index is 1.53. The number of aryl methyl sites for hydroxylation is 2. The van der Waals surface area contributed by atoms with Gasteiger partial charge in [-0.25, -0.2) is 0 Å². The van der Waals surface area contributed by atoms with E-state index >= 15 is 0 Å². The van der Waals surface area contributed by atoms with E-state index in [0.717, 1.165) is 23.7 Å². The van der Waals surface area contributed by atoms with E-state index < -0.39 is 0 Å². The third-order valence-corrected chi connectivity index (χ3v) is 4.04. The lowest BCUT2D eigenvalue weighted by molar-refractivity contribution is 0.0918. The quantitative estimate of drug-likeness (QED) is 0.659. The van der Waals surface area contributed by atoms with Gasteiger partial charge in [0, 0.05) is 6.54 Å². The molecule has 3 aromatic rings. The summed E-state index contributed by atoms with van der Waals surface area (Å²) in [5.41, 5.74) is 1.88. The van der Waals surface area contributed by atoms with Crippen molar-refractivity contribution in [1.29, 1.82) is 0 Å². The summed E-state index contributed by atoms with van der Waals surface area (Å²) in [7, 11) is 1.61. The molecule has 142 valence electrons. The summed E-state index contributed by atoms with van der Waals surface area (Å²) >= 11 is 0. The summed E-state index contributed by atoms with van der Waals surface area (Å²) in [4.78, 5) is 12.3. The molecule has 7 heteroatoms. The van der Waals surface area contributed by atoms with Gasteiger partial charge in [0.1, 0.15) is 23.9 Å². The molecule has 0 atom stereocenters. The lowest BCUT2D eigenvalue weighted by Gasteiger charge is -2.06. The first-order valence-electron chi connectivity index (χ1n) is 8.76. The minimum absolute atomic E-state index is 0.238. The molecule has 7 nitrogen and oxygen atoms in total. The number of nitrogens with zero attached hydrogens (tertiary/aromatic N) is 2. The van der Waals surface area contributed by atoms with Crippen LogP contribution in [0.15, 0.2) is 46.9 Å². The van der Waals surface area contributed by atoms with Crippen LogP contribution in [0, 0.1) is 6.92 Å². The molecule has 2 heterocycles. The van der Waals surface area contributed by atoms with Gasteiger partial charge in [-0.05, 0) is 56.3 Å². The minimum atomic E-state index is -0.271. The number of furan rings is 1. The maximum absolute atomic E-state index is 12.3. The summed E-state index contributed by atoms with van der Waals surface area (Å²) in [6.07, 6.45) is 0. The van der Waals surface area contributed by atoms with E-state index in [-0.39, 0.29) is 18.3 Å². The second-order valence-corrected chi connectivity index (χ2v) is 6.01. The molecule has 3 rings (SSSR count). The third kappa shape index (κ3) is 4.69. The Morgan fingerprint density at radius 3 is 2.63 bits per heavy atom. The van der Waals surface area contributed by atoms with Crippen molar-refractivity contribution in [1.82, 2.24) is 15.1 Å². The van der Waals surface area contributed by atoms with Crippen LogP contribution in [0.5, 0.6) is 11.5 Å². The van der Waals surface area contributed by atoms with E-state index in [0.29, 0.717) is 18.1 Å². The zero-order valence-electron chi connectivity index (χ0n) is 15.7. The first-order valence-corrected chi connectivity index (χ1v) is 8.76. The number of methoxy groups -OCH3 is 1. The van der Waals surface area contributed by atoms with Crippen molar-refractivity contribution in [2.75, 3.05) is 7.11 Å². The van der Waals surface area contributed by atoms with Gasteiger partial charge < -0.3 is 19.2 Å². The fourth-order valence-electron chi connectivity index (χ4n) is 2.68. The van der Waals surface area contributed by atoms with Crippen molar-refractivity contribution in [3.8, 4) is 11.5 Å². The fourth-order valence-corrected chi connectivity index (χ4v) is 2.68. The largest absolute Gasteiger partial charge is 0.497 e. The molecule has 0 aliphatic carbocycles. The van der Waals surface area contributed by atoms with Crippen LogP contribution >= 0.6 is 0 Å². The Labute approximate surface area is 157 Å². The van der Waals surface area contributed by atoms with Gasteiger partial charge in [-0.3, -0.25) is 9.48 Å². The van der Waals surface area contributed by atoms with Gasteiger partial charge in [-0.2, -0.15) is 5.10 Å². The van der Waals surface area contributed by atoms with Gasteiger partial charge in [-0.1, -0.05) is 0 Å². The SMILES string of the molecule is CCn1nc(C)cc1CNC(=O)c1ccc(COc2ccc(OC)cc2)o1. The van der Waals surface area contributed by atoms with Gasteiger partial charge in [0.15, 0.2) is 5.76 Å². The molecule has 0 spiro atoms. The van der Waals surface area contributed by atoms with Gasteiger partial charge in [-0.15, -0.1) is 0 Å². The maximum Gasteiger partial charge on any atom is 0.287 e. The molecule has 0 aliphatic rings. The molecule has 0 unspecified atom stereocenters. The smallest absolute Gasteiger partial charge is 0.287 e. The average molecular weight is 369 g/mol. The second kappa shape index (κ2) is 8.44. The van der Waals surface area contributed by atoms with E-state index in [1.54, 1.807) is 19.2 Å². The zero-order valence-corrected chi connectivity index (χ0v) is 15.7. The van der Waals surface area contributed by atoms with Crippen molar-refractivity contribution in [2.24, 2.45) is 0 Å². The molecule has 1 N–H and O–H groups in total. The first kappa shape index (κ1) is 18.6. The van der Waals surface area contributed by atoms with Crippen LogP contribution in [-0.2, 0) is 19.7 Å². The van der Waals surface area contributed by atoms with Gasteiger partial charge in [0.05, 0.1) is 25.0 Å². The number of benzene rings is 1. The van der Waals surface area contributed by atoms with Crippen LogP contribution < -0.4 is 14.8 Å². The molecule has 0 bridgehead atoms. The third-order valence-electron chi connectivity index (χ3n) is 4.04. The molecule has 27 heavy (non-hydrogen) atoms. The number of nitrogens with one attached hydrogen (secondary N) is 1. The molecule has 0 aliphatic heterocycles. The van der Waals surface area contributed by atoms with Crippen LogP contribution in [0.3, 0.4) is 0 Å². The standard InChI is InChI=1S/C20H23N3O4/c1-4-23-15(11-14(2)22-23)12-21-20(24)19-10-9-18(27-19)13-26-17-7-5-16(25-3)6-8-17/h5-11H,4,12-13H2,1-3H3,(H,21,24). The van der Waals surface area contributed by atoms with Crippen LogP contribution in [-0.4, -0.2) is 22.8 Å². The van der Waals surface area contributed by atoms with Crippen molar-refractivity contribution >= 4 is 5.91 Å². The van der Waals surface area contributed by atoms with Gasteiger partial charge in [0.2, 0.25) is 0 Å². The van der Waals surface area contributed by atoms with E-state index in [2.05, 4.69) is 10.4 Å². The Morgan fingerprint density at radius 1 is 1.19 bits per heavy atom. The molecule has 2 aromatic heterocycles. The van der Waals surface area contributed by atoms with Crippen LogP contribution in [0.25, 0.3) is 0 Å². The number of carbonyl (C=O) groups excluding carboxylic acids is 1. The number of hydrogen-bond donors (Lipinski definition) is 1. The van der Waals surface area contributed by atoms with E-state index in [1.807, 2.05) is 48.9 Å². The van der Waals surface area contributed by atoms with Gasteiger partial charge in [0.25, 0.3) is 5.91 Å². The number of rotatable bonds is 8. The molecule has 1 aromatic carbocycles. The maximum atomic E-state index is 12.3. The summed E-state index contributed by atoms with van der Waals surface area (Å²) in [5, 5.41) is 7.22. The second-order valence-electron chi connectivity index (χ2n) is 6.01. The van der Waals surface area contributed by atoms with Crippen molar-refractivity contribution in [2.45, 2.75) is 33.5 Å². The highest BCUT2D eigenvalue weighted by Gasteiger charge is 2.13. The summed E-state index contributed by atoms with van der Waals surface area (Å²) in [6.45, 7) is 5.33. The summed E-state index contributed by atoms with van der Waals surface area (Å²) in [6, 6.07) is 12.6. The highest BCUT2D eigenvalue weighted by atomic mass is 16.5. The topological polar surface area (TPSA) is 78.5 Å². The predicted molar refractivity (Wildman–Crippen MR) is 99.8 cm³/mol. The van der Waals surface area contributed by atoms with E-state index in [4.69, 9.17) is 13.9 Å². The molecular formula is C20H23N3O4. The van der Waals surface area contributed by atoms with Gasteiger partial charge >= 0.3 is 0 Å². The van der Waals surface area contributed by atoms with E-state index in [1.165, 1.54) is 0 Å². The lowest BCUT2D eigenvalue weighted by Crippen LogP contribution is -2.23. The number of carbonyl (C=O) groups is 1. The number of hydrogen-bond acceptors (Lipinski definition) is 5. The summed E-state index contributed by atoms with van der Waals surface area (Å²) in [5.74, 6) is 2.01. The van der Waals surface area contributed by atoms with Crippen molar-refractivity contribution < 1.29 is 18.7 Å². The Bertz CT molecular complexity index is 896. The van der Waals surface area contributed by atoms with Crippen molar-refractivity contribution in [3.63, 3.8) is 0 Å². The number of aromatic nitrogens is 2. The summed E-state index contributed by atoms with van der Waals surface area (Å²) < 4.78 is 18.2. The molecule has 0 radical (unpaired) electrons. The monoisotopic (exact) mass is 369 g/mol. The molecule has 1 amide bonds. The minimum Gasteiger partial charge on any atom is -0.497 e. The number of ether oxygens (including phenoxy) is 2. The molecular weight excluding hydrogens is 346 g/mol. The Hall–Kier alpha value is -3.22. The fraction of sp³-hybridized carbons (Fsp3) is 0.300. The number of amides is 1. The predicted octanol–water partition coefficient (Wildman–Crippen LogP) is 3.32. The molecule has 0 saturated carbocycles. The zero-order chi connectivity index (χ0) is 19.2. The highest BCUT2D eigenvalue weighted by molar-refractivity contribution is 5.91. The Morgan fingerprint density at radius 2 is 1.93 bits per heavy atom. The van der Waals surface area contributed by atoms with Crippen LogP contribution in [0.1, 0.15) is 34.6 Å². The Kier molecular flexibility index (Phi) is 5.80.